The van der Waals surface area contributed by atoms with E-state index in [1.165, 1.54) is 24.0 Å². The fourth-order valence-corrected chi connectivity index (χ4v) is 2.22. The quantitative estimate of drug-likeness (QED) is 0.702. The van der Waals surface area contributed by atoms with Gasteiger partial charge in [0.25, 0.3) is 0 Å². The van der Waals surface area contributed by atoms with Crippen LogP contribution in [-0.4, -0.2) is 9.97 Å². The highest BCUT2D eigenvalue weighted by Crippen LogP contribution is 2.26. The summed E-state index contributed by atoms with van der Waals surface area (Å²) >= 11 is 6.00. The second-order valence-corrected chi connectivity index (χ2v) is 5.44. The number of benzene rings is 2. The third-order valence-corrected chi connectivity index (χ3v) is 3.50. The van der Waals surface area contributed by atoms with Gasteiger partial charge in [0.15, 0.2) is 0 Å². The van der Waals surface area contributed by atoms with Gasteiger partial charge in [-0.25, -0.2) is 14.4 Å². The van der Waals surface area contributed by atoms with Gasteiger partial charge in [-0.2, -0.15) is 0 Å². The Bertz CT molecular complexity index is 821. The van der Waals surface area contributed by atoms with Crippen LogP contribution in [0.15, 0.2) is 54.9 Å². The maximum absolute atomic E-state index is 13.1. The summed E-state index contributed by atoms with van der Waals surface area (Å²) in [6.07, 6.45) is 1.44. The maximum Gasteiger partial charge on any atom is 0.135 e. The van der Waals surface area contributed by atoms with Gasteiger partial charge in [0.2, 0.25) is 0 Å². The Hall–Kier alpha value is -2.66. The summed E-state index contributed by atoms with van der Waals surface area (Å²) in [6, 6.07) is 13.9. The highest BCUT2D eigenvalue weighted by molar-refractivity contribution is 6.33. The Morgan fingerprint density at radius 3 is 2.30 bits per heavy atom. The zero-order chi connectivity index (χ0) is 16.2. The van der Waals surface area contributed by atoms with Gasteiger partial charge in [0.1, 0.15) is 23.8 Å². The van der Waals surface area contributed by atoms with Gasteiger partial charge in [0, 0.05) is 11.8 Å². The molecule has 23 heavy (non-hydrogen) atoms. The number of hydrogen-bond acceptors (Lipinski definition) is 4. The molecule has 6 heteroatoms. The molecule has 0 saturated heterocycles. The largest absolute Gasteiger partial charge is 0.340 e. The number of rotatable bonds is 4. The maximum atomic E-state index is 13.1. The number of hydrogen-bond donors (Lipinski definition) is 2. The molecule has 0 fully saturated rings. The number of nitrogens with zero attached hydrogens (tertiary/aromatic N) is 2. The summed E-state index contributed by atoms with van der Waals surface area (Å²) < 4.78 is 13.1. The molecule has 2 aromatic carbocycles. The summed E-state index contributed by atoms with van der Waals surface area (Å²) in [5.74, 6) is 0.817. The average Bonchev–Trinajstić information content (AvgIpc) is 2.53. The number of anilines is 4. The second-order valence-electron chi connectivity index (χ2n) is 5.03. The monoisotopic (exact) mass is 328 g/mol. The Morgan fingerprint density at radius 2 is 1.61 bits per heavy atom. The van der Waals surface area contributed by atoms with E-state index >= 15 is 0 Å². The van der Waals surface area contributed by atoms with Gasteiger partial charge in [-0.1, -0.05) is 29.3 Å². The average molecular weight is 329 g/mol. The lowest BCUT2D eigenvalue weighted by atomic mass is 10.2. The molecule has 2 N–H and O–H groups in total. The predicted octanol–water partition coefficient (Wildman–Crippen LogP) is 5.06. The zero-order valence-corrected chi connectivity index (χ0v) is 13.1. The van der Waals surface area contributed by atoms with E-state index in [0.29, 0.717) is 17.3 Å². The van der Waals surface area contributed by atoms with Gasteiger partial charge in [0.05, 0.1) is 10.7 Å². The third kappa shape index (κ3) is 3.96. The van der Waals surface area contributed by atoms with E-state index in [9.17, 15) is 4.39 Å². The molecule has 3 aromatic rings. The van der Waals surface area contributed by atoms with Crippen molar-refractivity contribution >= 4 is 34.6 Å². The van der Waals surface area contributed by atoms with Crippen molar-refractivity contribution in [3.8, 4) is 0 Å². The molecule has 4 nitrogen and oxygen atoms in total. The molecule has 116 valence electrons. The zero-order valence-electron chi connectivity index (χ0n) is 12.3. The summed E-state index contributed by atoms with van der Waals surface area (Å²) in [4.78, 5) is 8.32. The molecule has 0 amide bonds. The molecule has 1 heterocycles. The number of halogens is 2. The Labute approximate surface area is 138 Å². The fraction of sp³-hybridized carbons (Fsp3) is 0.0588. The van der Waals surface area contributed by atoms with Gasteiger partial charge in [-0.3, -0.25) is 0 Å². The fourth-order valence-electron chi connectivity index (χ4n) is 2.01. The summed E-state index contributed by atoms with van der Waals surface area (Å²) in [6.45, 7) is 2.03. The Kier molecular flexibility index (Phi) is 4.39. The highest BCUT2D eigenvalue weighted by Gasteiger charge is 2.05. The van der Waals surface area contributed by atoms with E-state index in [4.69, 9.17) is 11.6 Å². The molecular formula is C17H14ClFN4. The van der Waals surface area contributed by atoms with Crippen molar-refractivity contribution in [2.75, 3.05) is 10.6 Å². The van der Waals surface area contributed by atoms with Crippen LogP contribution in [0.1, 0.15) is 5.56 Å². The standard InChI is InChI=1S/C17H14ClFN4/c1-11-2-5-13(6-3-11)22-16-9-17(21-10-20-16)23-15-7-4-12(19)8-14(15)18/h2-10H,1H3,(H2,20,21,22,23). The van der Waals surface area contributed by atoms with Crippen LogP contribution in [0.2, 0.25) is 5.02 Å². The minimum absolute atomic E-state index is 0.289. The van der Waals surface area contributed by atoms with Crippen molar-refractivity contribution in [3.05, 3.63) is 71.3 Å². The lowest BCUT2D eigenvalue weighted by Crippen LogP contribution is -1.99. The molecule has 0 unspecified atom stereocenters. The normalized spacial score (nSPS) is 10.4. The van der Waals surface area contributed by atoms with Crippen LogP contribution in [0, 0.1) is 12.7 Å². The van der Waals surface area contributed by atoms with Crippen LogP contribution in [0.4, 0.5) is 27.4 Å². The van der Waals surface area contributed by atoms with E-state index < -0.39 is 0 Å². The lowest BCUT2D eigenvalue weighted by molar-refractivity contribution is 0.628. The predicted molar refractivity (Wildman–Crippen MR) is 91.2 cm³/mol. The minimum Gasteiger partial charge on any atom is -0.340 e. The molecule has 0 radical (unpaired) electrons. The summed E-state index contributed by atoms with van der Waals surface area (Å²) in [5, 5.41) is 6.53. The van der Waals surface area contributed by atoms with Crippen molar-refractivity contribution in [2.45, 2.75) is 6.92 Å². The van der Waals surface area contributed by atoms with Crippen molar-refractivity contribution in [1.29, 1.82) is 0 Å². The van der Waals surface area contributed by atoms with Crippen LogP contribution < -0.4 is 10.6 Å². The number of nitrogens with one attached hydrogen (secondary N) is 2. The summed E-state index contributed by atoms with van der Waals surface area (Å²) in [5.41, 5.74) is 2.69. The van der Waals surface area contributed by atoms with Crippen LogP contribution >= 0.6 is 11.6 Å². The molecule has 3 rings (SSSR count). The molecule has 0 spiro atoms. The molecule has 0 aliphatic rings. The van der Waals surface area contributed by atoms with Gasteiger partial charge >= 0.3 is 0 Å². The van der Waals surface area contributed by atoms with Crippen molar-refractivity contribution in [3.63, 3.8) is 0 Å². The Balaban J connectivity index is 1.78. The van der Waals surface area contributed by atoms with Gasteiger partial charge in [-0.15, -0.1) is 0 Å². The van der Waals surface area contributed by atoms with E-state index in [0.717, 1.165) is 5.69 Å². The first-order valence-electron chi connectivity index (χ1n) is 6.98. The Morgan fingerprint density at radius 1 is 0.913 bits per heavy atom. The first-order valence-corrected chi connectivity index (χ1v) is 7.36. The van der Waals surface area contributed by atoms with Gasteiger partial charge in [-0.05, 0) is 37.3 Å². The van der Waals surface area contributed by atoms with Crippen molar-refractivity contribution < 1.29 is 4.39 Å². The van der Waals surface area contributed by atoms with E-state index in [1.807, 2.05) is 31.2 Å². The molecular weight excluding hydrogens is 315 g/mol. The van der Waals surface area contributed by atoms with E-state index in [1.54, 1.807) is 12.1 Å². The highest BCUT2D eigenvalue weighted by atomic mass is 35.5. The van der Waals surface area contributed by atoms with Gasteiger partial charge < -0.3 is 10.6 Å². The molecule has 0 aliphatic heterocycles. The number of aryl methyl sites for hydroxylation is 1. The van der Waals surface area contributed by atoms with E-state index in [-0.39, 0.29) is 10.8 Å². The summed E-state index contributed by atoms with van der Waals surface area (Å²) in [7, 11) is 0. The SMILES string of the molecule is Cc1ccc(Nc2cc(Nc3ccc(F)cc3Cl)ncn2)cc1. The van der Waals surface area contributed by atoms with Crippen molar-refractivity contribution in [1.82, 2.24) is 9.97 Å². The smallest absolute Gasteiger partial charge is 0.135 e. The number of aromatic nitrogens is 2. The van der Waals surface area contributed by atoms with E-state index in [2.05, 4.69) is 20.6 Å². The first-order chi connectivity index (χ1) is 11.1. The first kappa shape index (κ1) is 15.2. The van der Waals surface area contributed by atoms with Crippen LogP contribution in [0.25, 0.3) is 0 Å². The van der Waals surface area contributed by atoms with Crippen LogP contribution in [0.5, 0.6) is 0 Å². The van der Waals surface area contributed by atoms with Crippen LogP contribution in [0.3, 0.4) is 0 Å². The molecule has 0 bridgehead atoms. The van der Waals surface area contributed by atoms with Crippen LogP contribution in [-0.2, 0) is 0 Å². The molecule has 1 aromatic heterocycles. The molecule has 0 atom stereocenters. The minimum atomic E-state index is -0.384. The second kappa shape index (κ2) is 6.62. The topological polar surface area (TPSA) is 49.8 Å². The molecule has 0 saturated carbocycles. The molecule has 0 aliphatic carbocycles. The third-order valence-electron chi connectivity index (χ3n) is 3.18. The van der Waals surface area contributed by atoms with Crippen molar-refractivity contribution in [2.24, 2.45) is 0 Å². The lowest BCUT2D eigenvalue weighted by Gasteiger charge is -2.10.